The maximum absolute atomic E-state index is 6.72. The number of fused-ring (bicyclic) bond motifs is 3. The van der Waals surface area contributed by atoms with E-state index in [9.17, 15) is 0 Å². The predicted molar refractivity (Wildman–Crippen MR) is 138 cm³/mol. The van der Waals surface area contributed by atoms with Crippen LogP contribution >= 0.6 is 0 Å². The molecule has 2 nitrogen and oxygen atoms in total. The van der Waals surface area contributed by atoms with Gasteiger partial charge in [-0.25, -0.2) is 0 Å². The molecule has 3 aromatic carbocycles. The fourth-order valence-electron chi connectivity index (χ4n) is 5.52. The molecule has 1 heterocycles. The van der Waals surface area contributed by atoms with E-state index in [0.717, 1.165) is 23.5 Å². The number of hydrogen-bond donors (Lipinski definition) is 0. The van der Waals surface area contributed by atoms with Crippen LogP contribution in [-0.2, 0) is 18.4 Å². The average Bonchev–Trinajstić information content (AvgIpc) is 3.37. The summed E-state index contributed by atoms with van der Waals surface area (Å²) in [4.78, 5) is 4.09. The van der Waals surface area contributed by atoms with Crippen molar-refractivity contribution in [2.45, 2.75) is 39.2 Å². The Labute approximate surface area is 196 Å². The van der Waals surface area contributed by atoms with E-state index in [4.69, 9.17) is 4.42 Å². The van der Waals surface area contributed by atoms with E-state index in [1.165, 1.54) is 38.9 Å². The van der Waals surface area contributed by atoms with E-state index < -0.39 is 5.41 Å². The Morgan fingerprint density at radius 3 is 2.15 bits per heavy atom. The Balaban J connectivity index is 1.91. The second-order valence-electron chi connectivity index (χ2n) is 8.71. The van der Waals surface area contributed by atoms with Gasteiger partial charge in [-0.15, -0.1) is 0 Å². The predicted octanol–water partition coefficient (Wildman–Crippen LogP) is 7.75. The van der Waals surface area contributed by atoms with Crippen LogP contribution in [0.4, 0.5) is 0 Å². The van der Waals surface area contributed by atoms with Gasteiger partial charge in [-0.1, -0.05) is 85.8 Å². The van der Waals surface area contributed by atoms with Crippen LogP contribution in [0.25, 0.3) is 17.2 Å². The molecule has 0 aliphatic heterocycles. The number of furan rings is 1. The highest BCUT2D eigenvalue weighted by atomic mass is 16.3. The van der Waals surface area contributed by atoms with Crippen LogP contribution in [0.15, 0.2) is 88.3 Å². The summed E-state index contributed by atoms with van der Waals surface area (Å²) in [7, 11) is 0. The number of aliphatic imine (C=N–C) groups is 1. The van der Waals surface area contributed by atoms with Gasteiger partial charge in [0.25, 0.3) is 0 Å². The summed E-state index contributed by atoms with van der Waals surface area (Å²) in [5.41, 5.74) is 9.37. The number of hydrogen-bond acceptors (Lipinski definition) is 2. The first-order valence-electron chi connectivity index (χ1n) is 11.6. The quantitative estimate of drug-likeness (QED) is 0.252. The van der Waals surface area contributed by atoms with E-state index in [-0.39, 0.29) is 0 Å². The maximum atomic E-state index is 6.72. The molecule has 33 heavy (non-hydrogen) atoms. The number of rotatable bonds is 6. The zero-order valence-electron chi connectivity index (χ0n) is 19.6. The van der Waals surface area contributed by atoms with E-state index in [2.05, 4.69) is 117 Å². The van der Waals surface area contributed by atoms with Gasteiger partial charge in [0, 0.05) is 12.0 Å². The molecule has 0 amide bonds. The second kappa shape index (κ2) is 8.37. The van der Waals surface area contributed by atoms with Crippen molar-refractivity contribution in [3.63, 3.8) is 0 Å². The minimum Gasteiger partial charge on any atom is -0.464 e. The lowest BCUT2D eigenvalue weighted by molar-refractivity contribution is 0.434. The van der Waals surface area contributed by atoms with Crippen molar-refractivity contribution in [3.8, 4) is 11.1 Å². The average molecular weight is 432 g/mol. The molecule has 0 unspecified atom stereocenters. The molecule has 1 aromatic heterocycles. The van der Waals surface area contributed by atoms with Gasteiger partial charge in [0.15, 0.2) is 0 Å². The molecule has 2 heteroatoms. The van der Waals surface area contributed by atoms with Crippen LogP contribution in [0.3, 0.4) is 0 Å². The summed E-state index contributed by atoms with van der Waals surface area (Å²) in [6.07, 6.45) is 5.08. The molecule has 1 aliphatic carbocycles. The monoisotopic (exact) mass is 431 g/mol. The summed E-state index contributed by atoms with van der Waals surface area (Å²) in [5.74, 6) is 2.00. The molecular formula is C31H29NO. The fourth-order valence-corrected chi connectivity index (χ4v) is 5.52. The van der Waals surface area contributed by atoms with Gasteiger partial charge in [0.05, 0.1) is 6.54 Å². The van der Waals surface area contributed by atoms with Crippen molar-refractivity contribution in [2.24, 2.45) is 4.99 Å². The third kappa shape index (κ3) is 3.13. The van der Waals surface area contributed by atoms with Crippen molar-refractivity contribution >= 4 is 12.8 Å². The topological polar surface area (TPSA) is 25.5 Å². The van der Waals surface area contributed by atoms with Crippen LogP contribution in [0.5, 0.6) is 0 Å². The molecule has 0 fully saturated rings. The van der Waals surface area contributed by atoms with Crippen molar-refractivity contribution in [3.05, 3.63) is 124 Å². The first-order chi connectivity index (χ1) is 16.1. The van der Waals surface area contributed by atoms with Gasteiger partial charge in [-0.2, -0.15) is 0 Å². The van der Waals surface area contributed by atoms with Crippen LogP contribution in [-0.4, -0.2) is 6.72 Å². The zero-order chi connectivity index (χ0) is 23.0. The molecule has 0 radical (unpaired) electrons. The van der Waals surface area contributed by atoms with E-state index in [1.54, 1.807) is 0 Å². The lowest BCUT2D eigenvalue weighted by Crippen LogP contribution is -2.29. The smallest absolute Gasteiger partial charge is 0.124 e. The number of allylic oxidation sites excluding steroid dienone is 1. The summed E-state index contributed by atoms with van der Waals surface area (Å²) >= 11 is 0. The third-order valence-corrected chi connectivity index (χ3v) is 6.82. The zero-order valence-corrected chi connectivity index (χ0v) is 19.6. The van der Waals surface area contributed by atoms with Crippen molar-refractivity contribution in [1.29, 1.82) is 0 Å². The van der Waals surface area contributed by atoms with Crippen LogP contribution < -0.4 is 0 Å². The van der Waals surface area contributed by atoms with Gasteiger partial charge < -0.3 is 4.42 Å². The highest BCUT2D eigenvalue weighted by molar-refractivity contribution is 5.86. The molecule has 4 aromatic rings. The Bertz CT molecular complexity index is 1330. The summed E-state index contributed by atoms with van der Waals surface area (Å²) < 4.78 is 6.72. The Morgan fingerprint density at radius 1 is 0.909 bits per heavy atom. The minimum absolute atomic E-state index is 0.513. The SMILES string of the molecule is C=NCc1ccc(C2(c3cc(/C=C\C)c(CC)o3)c3ccccc3-c3ccccc32)c(C)c1. The fraction of sp³-hybridized carbons (Fsp3) is 0.194. The van der Waals surface area contributed by atoms with Gasteiger partial charge >= 0.3 is 0 Å². The van der Waals surface area contributed by atoms with Crippen LogP contribution in [0.2, 0.25) is 0 Å². The Kier molecular flexibility index (Phi) is 5.38. The second-order valence-corrected chi connectivity index (χ2v) is 8.71. The molecule has 0 spiro atoms. The van der Waals surface area contributed by atoms with Gasteiger partial charge in [-0.3, -0.25) is 4.99 Å². The van der Waals surface area contributed by atoms with E-state index >= 15 is 0 Å². The Morgan fingerprint density at radius 2 is 1.58 bits per heavy atom. The number of benzene rings is 3. The number of aryl methyl sites for hydroxylation is 2. The van der Waals surface area contributed by atoms with Gasteiger partial charge in [-0.05, 0) is 65.6 Å². The van der Waals surface area contributed by atoms with E-state index in [0.29, 0.717) is 6.54 Å². The third-order valence-electron chi connectivity index (χ3n) is 6.82. The van der Waals surface area contributed by atoms with Gasteiger partial charge in [0.1, 0.15) is 16.9 Å². The molecule has 5 rings (SSSR count). The standard InChI is InChI=1S/C31H29NO/c1-5-11-23-19-30(33-29(23)6-2)31(26-17-16-22(20-32-4)18-21(26)3)27-14-9-7-12-24(27)25-13-8-10-15-28(25)31/h5,7-19H,4,6,20H2,1-3H3/b11-5-. The van der Waals surface area contributed by atoms with Gasteiger partial charge in [0.2, 0.25) is 0 Å². The van der Waals surface area contributed by atoms with Crippen LogP contribution in [0, 0.1) is 6.92 Å². The first-order valence-corrected chi connectivity index (χ1v) is 11.6. The lowest BCUT2D eigenvalue weighted by atomic mass is 9.69. The molecule has 0 saturated carbocycles. The first kappa shape index (κ1) is 21.2. The van der Waals surface area contributed by atoms with E-state index in [1.807, 2.05) is 0 Å². The highest BCUT2D eigenvalue weighted by Gasteiger charge is 2.49. The summed E-state index contributed by atoms with van der Waals surface area (Å²) in [6, 6.07) is 26.5. The largest absolute Gasteiger partial charge is 0.464 e. The number of nitrogens with zero attached hydrogens (tertiary/aromatic N) is 1. The van der Waals surface area contributed by atoms with Crippen LogP contribution in [0.1, 0.15) is 58.7 Å². The maximum Gasteiger partial charge on any atom is 0.124 e. The molecule has 0 saturated heterocycles. The Hall–Kier alpha value is -3.65. The van der Waals surface area contributed by atoms with Crippen molar-refractivity contribution in [1.82, 2.24) is 0 Å². The molecule has 0 atom stereocenters. The lowest BCUT2D eigenvalue weighted by Gasteiger charge is -2.32. The molecular weight excluding hydrogens is 402 g/mol. The molecule has 1 aliphatic rings. The van der Waals surface area contributed by atoms with Crippen molar-refractivity contribution < 1.29 is 4.42 Å². The summed E-state index contributed by atoms with van der Waals surface area (Å²) in [5, 5.41) is 0. The summed E-state index contributed by atoms with van der Waals surface area (Å²) in [6.45, 7) is 10.7. The van der Waals surface area contributed by atoms with Crippen molar-refractivity contribution in [2.75, 3.05) is 0 Å². The normalized spacial score (nSPS) is 13.8. The minimum atomic E-state index is -0.513. The molecule has 0 bridgehead atoms. The highest BCUT2D eigenvalue weighted by Crippen LogP contribution is 2.57. The molecule has 0 N–H and O–H groups in total. The molecule has 164 valence electrons.